The average molecular weight is 353 g/mol. The summed E-state index contributed by atoms with van der Waals surface area (Å²) in [5.41, 5.74) is 5.47. The molecule has 1 rings (SSSR count). The molecule has 0 fully saturated rings. The predicted molar refractivity (Wildman–Crippen MR) is 91.0 cm³/mol. The number of hydrogen-bond acceptors (Lipinski definition) is 4. The Hall–Kier alpha value is -1.40. The third-order valence-corrected chi connectivity index (χ3v) is 3.64. The van der Waals surface area contributed by atoms with Crippen LogP contribution in [0, 0.1) is 0 Å². The summed E-state index contributed by atoms with van der Waals surface area (Å²) in [7, 11) is 1.57. The smallest absolute Gasteiger partial charge is 0.0914 e. The fraction of sp³-hybridized carbons (Fsp3) is 0.250. The monoisotopic (exact) mass is 352 g/mol. The highest BCUT2D eigenvalue weighted by atomic mass is 79.9. The molecular formula is C16H21BrN2O2. The first kappa shape index (κ1) is 17.7. The molecular weight excluding hydrogens is 332 g/mol. The number of benzene rings is 1. The van der Waals surface area contributed by atoms with Gasteiger partial charge >= 0.3 is 0 Å². The van der Waals surface area contributed by atoms with Gasteiger partial charge in [0.15, 0.2) is 0 Å². The molecule has 1 atom stereocenters. The minimum atomic E-state index is -0.623. The molecule has 0 amide bonds. The second-order valence-corrected chi connectivity index (χ2v) is 5.18. The van der Waals surface area contributed by atoms with Crippen LogP contribution in [0.1, 0.15) is 5.56 Å². The summed E-state index contributed by atoms with van der Waals surface area (Å²) in [5, 5.41) is 13.3. The summed E-state index contributed by atoms with van der Waals surface area (Å²) >= 11 is 3.51. The van der Waals surface area contributed by atoms with E-state index in [1.165, 1.54) is 0 Å². The molecule has 0 aliphatic rings. The molecule has 0 saturated heterocycles. The lowest BCUT2D eigenvalue weighted by atomic mass is 10.1. The zero-order chi connectivity index (χ0) is 15.7. The Bertz CT molecular complexity index is 515. The molecule has 0 spiro atoms. The van der Waals surface area contributed by atoms with E-state index >= 15 is 0 Å². The summed E-state index contributed by atoms with van der Waals surface area (Å²) in [6.07, 6.45) is 4.39. The molecule has 1 aromatic rings. The van der Waals surface area contributed by atoms with Gasteiger partial charge in [-0.2, -0.15) is 0 Å². The fourth-order valence-corrected chi connectivity index (χ4v) is 2.35. The maximum Gasteiger partial charge on any atom is 0.0914 e. The second-order valence-electron chi connectivity index (χ2n) is 4.33. The lowest BCUT2D eigenvalue weighted by molar-refractivity contribution is 0.210. The van der Waals surface area contributed by atoms with Crippen LogP contribution in [0.25, 0.3) is 0 Å². The highest BCUT2D eigenvalue weighted by Crippen LogP contribution is 2.24. The van der Waals surface area contributed by atoms with Crippen LogP contribution < -0.4 is 10.8 Å². The molecule has 3 N–H and O–H groups in total. The van der Waals surface area contributed by atoms with Gasteiger partial charge in [-0.25, -0.2) is 0 Å². The Morgan fingerprint density at radius 2 is 2.24 bits per heavy atom. The molecule has 4 nitrogen and oxygen atoms in total. The highest BCUT2D eigenvalue weighted by Gasteiger charge is 2.09. The van der Waals surface area contributed by atoms with Crippen molar-refractivity contribution in [2.75, 3.05) is 19.1 Å². The highest BCUT2D eigenvalue weighted by molar-refractivity contribution is 9.10. The van der Waals surface area contributed by atoms with Crippen molar-refractivity contribution in [1.82, 2.24) is 5.32 Å². The van der Waals surface area contributed by atoms with Gasteiger partial charge < -0.3 is 10.4 Å². The molecule has 0 aromatic heterocycles. The molecule has 0 bridgehead atoms. The maximum atomic E-state index is 10.1. The van der Waals surface area contributed by atoms with E-state index in [4.69, 9.17) is 4.84 Å². The van der Waals surface area contributed by atoms with Gasteiger partial charge in [0.25, 0.3) is 0 Å². The van der Waals surface area contributed by atoms with Crippen LogP contribution in [0.5, 0.6) is 0 Å². The third-order valence-electron chi connectivity index (χ3n) is 2.90. The van der Waals surface area contributed by atoms with E-state index in [-0.39, 0.29) is 0 Å². The number of allylic oxidation sites excluding steroid dienone is 2. The topological polar surface area (TPSA) is 53.5 Å². The zero-order valence-electron chi connectivity index (χ0n) is 12.1. The lowest BCUT2D eigenvalue weighted by Gasteiger charge is -2.16. The van der Waals surface area contributed by atoms with Crippen LogP contribution in [0.15, 0.2) is 59.6 Å². The van der Waals surface area contributed by atoms with E-state index in [1.54, 1.807) is 25.3 Å². The molecule has 1 aromatic carbocycles. The van der Waals surface area contributed by atoms with Gasteiger partial charge in [-0.1, -0.05) is 53.4 Å². The molecule has 0 aliphatic carbocycles. The van der Waals surface area contributed by atoms with Gasteiger partial charge in [-0.05, 0) is 17.7 Å². The lowest BCUT2D eigenvalue weighted by Crippen LogP contribution is -2.27. The van der Waals surface area contributed by atoms with Crippen LogP contribution >= 0.6 is 15.9 Å². The molecule has 0 saturated carbocycles. The number of halogens is 1. The molecule has 5 heteroatoms. The Labute approximate surface area is 134 Å². The first-order valence-electron chi connectivity index (χ1n) is 6.54. The minimum absolute atomic E-state index is 0.416. The number of nitrogens with one attached hydrogen (secondary N) is 2. The summed E-state index contributed by atoms with van der Waals surface area (Å²) in [6.45, 7) is 8.30. The van der Waals surface area contributed by atoms with Crippen LogP contribution in [0.3, 0.4) is 0 Å². The number of hydrogen-bond donors (Lipinski definition) is 3. The normalized spacial score (nSPS) is 12.8. The van der Waals surface area contributed by atoms with E-state index in [9.17, 15) is 5.11 Å². The average Bonchev–Trinajstić information content (AvgIpc) is 2.47. The van der Waals surface area contributed by atoms with Gasteiger partial charge in [0.2, 0.25) is 0 Å². The van der Waals surface area contributed by atoms with Gasteiger partial charge in [-0.15, -0.1) is 0 Å². The molecule has 21 heavy (non-hydrogen) atoms. The first-order chi connectivity index (χ1) is 10.1. The summed E-state index contributed by atoms with van der Waals surface area (Å²) in [4.78, 5) is 4.96. The van der Waals surface area contributed by atoms with Gasteiger partial charge in [0.05, 0.1) is 18.9 Å². The maximum absolute atomic E-state index is 10.1. The molecule has 114 valence electrons. The van der Waals surface area contributed by atoms with Gasteiger partial charge in [0, 0.05) is 23.1 Å². The van der Waals surface area contributed by atoms with Crippen molar-refractivity contribution in [3.05, 3.63) is 65.2 Å². The molecule has 0 radical (unpaired) electrons. The number of anilines is 1. The summed E-state index contributed by atoms with van der Waals surface area (Å²) in [6, 6.07) is 5.81. The number of rotatable bonds is 9. The van der Waals surface area contributed by atoms with Gasteiger partial charge in [0.1, 0.15) is 0 Å². The Balaban J connectivity index is 2.66. The van der Waals surface area contributed by atoms with E-state index in [0.29, 0.717) is 13.1 Å². The van der Waals surface area contributed by atoms with Crippen LogP contribution in [-0.2, 0) is 11.4 Å². The summed E-state index contributed by atoms with van der Waals surface area (Å²) in [5.74, 6) is 0. The largest absolute Gasteiger partial charge is 0.387 e. The van der Waals surface area contributed by atoms with Crippen molar-refractivity contribution in [3.63, 3.8) is 0 Å². The third kappa shape index (κ3) is 5.47. The van der Waals surface area contributed by atoms with E-state index < -0.39 is 6.10 Å². The minimum Gasteiger partial charge on any atom is -0.387 e. The first-order valence-corrected chi connectivity index (χ1v) is 7.33. The van der Waals surface area contributed by atoms with Crippen molar-refractivity contribution >= 4 is 21.6 Å². The van der Waals surface area contributed by atoms with Crippen molar-refractivity contribution in [1.29, 1.82) is 0 Å². The Kier molecular flexibility index (Phi) is 8.00. The Morgan fingerprint density at radius 1 is 1.48 bits per heavy atom. The Morgan fingerprint density at radius 3 is 2.86 bits per heavy atom. The van der Waals surface area contributed by atoms with E-state index in [1.807, 2.05) is 18.2 Å². The van der Waals surface area contributed by atoms with E-state index in [2.05, 4.69) is 39.9 Å². The van der Waals surface area contributed by atoms with Crippen molar-refractivity contribution in [2.24, 2.45) is 0 Å². The van der Waals surface area contributed by atoms with Crippen LogP contribution in [-0.4, -0.2) is 24.9 Å². The van der Waals surface area contributed by atoms with Crippen LogP contribution in [0.2, 0.25) is 0 Å². The van der Waals surface area contributed by atoms with Crippen molar-refractivity contribution < 1.29 is 9.94 Å². The second kappa shape index (κ2) is 9.52. The van der Waals surface area contributed by atoms with Gasteiger partial charge in [-0.3, -0.25) is 10.3 Å². The quantitative estimate of drug-likeness (QED) is 0.472. The number of aliphatic hydroxyl groups is 1. The molecule has 0 aliphatic heterocycles. The standard InChI is InChI=1S/C16H21BrN2O2/c1-4-7-12(5-2)16(20)11-18-10-13-14(17)8-6-9-15(13)19-21-3/h4-9,16,18-20H,1-2,10-11H2,3H3/b12-7+. The summed E-state index contributed by atoms with van der Waals surface area (Å²) < 4.78 is 0.970. The van der Waals surface area contributed by atoms with Crippen LogP contribution in [0.4, 0.5) is 5.69 Å². The fourth-order valence-electron chi connectivity index (χ4n) is 1.85. The molecule has 1 unspecified atom stereocenters. The molecule has 0 heterocycles. The van der Waals surface area contributed by atoms with Crippen molar-refractivity contribution in [3.8, 4) is 0 Å². The van der Waals surface area contributed by atoms with E-state index in [0.717, 1.165) is 21.3 Å². The number of aliphatic hydroxyl groups excluding tert-OH is 1. The predicted octanol–water partition coefficient (Wildman–Crippen LogP) is 3.17. The zero-order valence-corrected chi connectivity index (χ0v) is 13.7. The van der Waals surface area contributed by atoms with Crippen molar-refractivity contribution in [2.45, 2.75) is 12.6 Å². The SMILES string of the molecule is C=C/C=C(\C=C)C(O)CNCc1c(Br)cccc1NOC.